The minimum absolute atomic E-state index is 0.0646. The molecule has 0 aliphatic carbocycles. The lowest BCUT2D eigenvalue weighted by Gasteiger charge is -2.09. The van der Waals surface area contributed by atoms with E-state index in [1.165, 1.54) is 0 Å². The molecule has 0 saturated heterocycles. The fourth-order valence-electron chi connectivity index (χ4n) is 2.28. The molecule has 0 amide bonds. The molecule has 0 spiro atoms. The number of aromatic nitrogens is 2. The molecule has 0 aliphatic heterocycles. The molecule has 1 heterocycles. The van der Waals surface area contributed by atoms with Crippen LogP contribution in [0.3, 0.4) is 0 Å². The van der Waals surface area contributed by atoms with E-state index in [0.717, 1.165) is 16.5 Å². The molecule has 0 bridgehead atoms. The van der Waals surface area contributed by atoms with Gasteiger partial charge >= 0.3 is 0 Å². The SMILES string of the molecule is CPn1ncc2cc(C(=O)C(Br)c3ccccc3)ccc21. The third-order valence-corrected chi connectivity index (χ3v) is 5.11. The maximum Gasteiger partial charge on any atom is 0.180 e. The second kappa shape index (κ2) is 6.08. The van der Waals surface area contributed by atoms with Crippen LogP contribution in [-0.2, 0) is 0 Å². The van der Waals surface area contributed by atoms with Gasteiger partial charge < -0.3 is 0 Å². The average Bonchev–Trinajstić information content (AvgIpc) is 2.96. The summed E-state index contributed by atoms with van der Waals surface area (Å²) in [6, 6.07) is 15.5. The van der Waals surface area contributed by atoms with Crippen molar-refractivity contribution in [3.8, 4) is 0 Å². The minimum atomic E-state index is -0.320. The maximum absolute atomic E-state index is 12.6. The topological polar surface area (TPSA) is 34.9 Å². The number of rotatable bonds is 4. The van der Waals surface area contributed by atoms with Crippen molar-refractivity contribution in [3.63, 3.8) is 0 Å². The van der Waals surface area contributed by atoms with Crippen molar-refractivity contribution in [3.05, 3.63) is 65.9 Å². The Labute approximate surface area is 133 Å². The van der Waals surface area contributed by atoms with E-state index in [-0.39, 0.29) is 10.6 Å². The van der Waals surface area contributed by atoms with Crippen LogP contribution in [-0.4, -0.2) is 22.0 Å². The highest BCUT2D eigenvalue weighted by molar-refractivity contribution is 9.09. The van der Waals surface area contributed by atoms with E-state index in [0.29, 0.717) is 14.3 Å². The van der Waals surface area contributed by atoms with Gasteiger partial charge in [-0.15, -0.1) is 0 Å². The van der Waals surface area contributed by atoms with E-state index in [1.807, 2.05) is 59.2 Å². The molecular formula is C16H14BrN2OP. The van der Waals surface area contributed by atoms with Crippen molar-refractivity contribution in [1.29, 1.82) is 0 Å². The molecule has 3 aromatic rings. The lowest BCUT2D eigenvalue weighted by molar-refractivity contribution is 0.0991. The van der Waals surface area contributed by atoms with Crippen LogP contribution in [0.2, 0.25) is 0 Å². The van der Waals surface area contributed by atoms with Crippen LogP contribution in [0.15, 0.2) is 54.7 Å². The standard InChI is InChI=1S/C16H14BrN2OP/c1-21-19-14-8-7-12(9-13(14)10-18-19)16(20)15(17)11-5-3-2-4-6-11/h2-10,15,21H,1H3. The first kappa shape index (κ1) is 14.4. The highest BCUT2D eigenvalue weighted by atomic mass is 79.9. The summed E-state index contributed by atoms with van der Waals surface area (Å²) < 4.78 is 1.95. The van der Waals surface area contributed by atoms with Gasteiger partial charge in [-0.05, 0) is 30.4 Å². The average molecular weight is 361 g/mol. The van der Waals surface area contributed by atoms with E-state index in [4.69, 9.17) is 0 Å². The van der Waals surface area contributed by atoms with Gasteiger partial charge in [0.05, 0.1) is 11.7 Å². The summed E-state index contributed by atoms with van der Waals surface area (Å²) in [7, 11) is 0.584. The zero-order valence-corrected chi connectivity index (χ0v) is 14.0. The van der Waals surface area contributed by atoms with Crippen molar-refractivity contribution in [2.75, 3.05) is 6.66 Å². The van der Waals surface area contributed by atoms with Gasteiger partial charge in [-0.25, -0.2) is 4.45 Å². The number of hydrogen-bond donors (Lipinski definition) is 0. The molecular weight excluding hydrogens is 347 g/mol. The van der Waals surface area contributed by atoms with Crippen LogP contribution in [0.5, 0.6) is 0 Å². The van der Waals surface area contributed by atoms with Crippen LogP contribution < -0.4 is 0 Å². The molecule has 2 unspecified atom stereocenters. The number of benzene rings is 2. The van der Waals surface area contributed by atoms with Crippen molar-refractivity contribution >= 4 is 41.3 Å². The zero-order chi connectivity index (χ0) is 14.8. The van der Waals surface area contributed by atoms with Crippen molar-refractivity contribution in [1.82, 2.24) is 9.55 Å². The molecule has 0 N–H and O–H groups in total. The summed E-state index contributed by atoms with van der Waals surface area (Å²) >= 11 is 3.50. The molecule has 106 valence electrons. The van der Waals surface area contributed by atoms with E-state index in [9.17, 15) is 4.79 Å². The summed E-state index contributed by atoms with van der Waals surface area (Å²) in [5, 5.41) is 5.33. The molecule has 2 aromatic carbocycles. The molecule has 0 saturated carbocycles. The Morgan fingerprint density at radius 3 is 2.71 bits per heavy atom. The van der Waals surface area contributed by atoms with E-state index >= 15 is 0 Å². The number of Topliss-reactive ketones (excluding diaryl/α,β-unsaturated/α-hetero) is 1. The first-order chi connectivity index (χ1) is 10.2. The predicted molar refractivity (Wildman–Crippen MR) is 91.8 cm³/mol. The number of carbonyl (C=O) groups is 1. The van der Waals surface area contributed by atoms with Gasteiger partial charge in [-0.3, -0.25) is 4.79 Å². The third kappa shape index (κ3) is 2.78. The predicted octanol–water partition coefficient (Wildman–Crippen LogP) is 4.43. The Bertz CT molecular complexity index is 785. The number of fused-ring (bicyclic) bond motifs is 1. The van der Waals surface area contributed by atoms with Crippen molar-refractivity contribution in [2.24, 2.45) is 0 Å². The lowest BCUT2D eigenvalue weighted by Crippen LogP contribution is -2.06. The summed E-state index contributed by atoms with van der Waals surface area (Å²) in [6.45, 7) is 2.08. The highest BCUT2D eigenvalue weighted by Gasteiger charge is 2.19. The molecule has 3 rings (SSSR count). The Morgan fingerprint density at radius 2 is 2.00 bits per heavy atom. The fourth-order valence-corrected chi connectivity index (χ4v) is 3.47. The summed E-state index contributed by atoms with van der Waals surface area (Å²) in [5.41, 5.74) is 2.73. The molecule has 2 atom stereocenters. The number of halogens is 1. The van der Waals surface area contributed by atoms with Gasteiger partial charge in [-0.2, -0.15) is 5.10 Å². The van der Waals surface area contributed by atoms with Gasteiger partial charge in [0.1, 0.15) is 4.83 Å². The van der Waals surface area contributed by atoms with E-state index < -0.39 is 0 Å². The zero-order valence-electron chi connectivity index (χ0n) is 11.5. The summed E-state index contributed by atoms with van der Waals surface area (Å²) in [4.78, 5) is 12.3. The smallest absolute Gasteiger partial charge is 0.180 e. The van der Waals surface area contributed by atoms with Crippen LogP contribution in [0.4, 0.5) is 0 Å². The van der Waals surface area contributed by atoms with E-state index in [2.05, 4.69) is 27.7 Å². The second-order valence-corrected chi connectivity index (χ2v) is 6.48. The molecule has 0 fully saturated rings. The minimum Gasteiger partial charge on any atom is -0.293 e. The third-order valence-electron chi connectivity index (χ3n) is 3.39. The van der Waals surface area contributed by atoms with Crippen molar-refractivity contribution in [2.45, 2.75) is 4.83 Å². The number of alkyl halides is 1. The Kier molecular flexibility index (Phi) is 4.18. The number of carbonyl (C=O) groups excluding carboxylic acids is 1. The molecule has 5 heteroatoms. The second-order valence-electron chi connectivity index (χ2n) is 4.69. The number of hydrogen-bond acceptors (Lipinski definition) is 2. The molecule has 0 radical (unpaired) electrons. The van der Waals surface area contributed by atoms with Gasteiger partial charge in [-0.1, -0.05) is 46.3 Å². The summed E-state index contributed by atoms with van der Waals surface area (Å²) in [5.74, 6) is 0.0646. The van der Waals surface area contributed by atoms with Gasteiger partial charge in [0.25, 0.3) is 0 Å². The molecule has 1 aromatic heterocycles. The van der Waals surface area contributed by atoms with Gasteiger partial charge in [0.2, 0.25) is 0 Å². The fraction of sp³-hybridized carbons (Fsp3) is 0.125. The monoisotopic (exact) mass is 360 g/mol. The maximum atomic E-state index is 12.6. The molecule has 0 aliphatic rings. The van der Waals surface area contributed by atoms with Crippen molar-refractivity contribution < 1.29 is 4.79 Å². The molecule has 3 nitrogen and oxygen atoms in total. The van der Waals surface area contributed by atoms with Crippen LogP contribution in [0.25, 0.3) is 10.9 Å². The largest absolute Gasteiger partial charge is 0.293 e. The lowest BCUT2D eigenvalue weighted by atomic mass is 10.0. The first-order valence-electron chi connectivity index (χ1n) is 6.59. The first-order valence-corrected chi connectivity index (χ1v) is 8.96. The van der Waals surface area contributed by atoms with Crippen LogP contribution in [0.1, 0.15) is 20.7 Å². The van der Waals surface area contributed by atoms with Gasteiger partial charge in [0, 0.05) is 19.7 Å². The van der Waals surface area contributed by atoms with E-state index in [1.54, 1.807) is 0 Å². The van der Waals surface area contributed by atoms with Crippen LogP contribution >= 0.6 is 24.7 Å². The Morgan fingerprint density at radius 1 is 1.24 bits per heavy atom. The molecule has 21 heavy (non-hydrogen) atoms. The number of nitrogens with zero attached hydrogens (tertiary/aromatic N) is 2. The number of ketones is 1. The Hall–Kier alpha value is -1.51. The normalized spacial score (nSPS) is 13.0. The quantitative estimate of drug-likeness (QED) is 0.392. The van der Waals surface area contributed by atoms with Crippen LogP contribution in [0, 0.1) is 0 Å². The Balaban J connectivity index is 1.94. The highest BCUT2D eigenvalue weighted by Crippen LogP contribution is 2.29. The van der Waals surface area contributed by atoms with Gasteiger partial charge in [0.15, 0.2) is 5.78 Å². The summed E-state index contributed by atoms with van der Waals surface area (Å²) in [6.07, 6.45) is 1.81.